The standard InChI is InChI=1S/C16H18N2O/c19-16(14-6-2-1-3-9-17-14)13-8-7-12-5-4-10-18-15(12)11-13/h4-5,7-8,10-11,14,17H,1-3,6,9H2. The fraction of sp³-hybridized carbons (Fsp3) is 0.375. The molecule has 0 saturated carbocycles. The van der Waals surface area contributed by atoms with Crippen molar-refractivity contribution in [2.75, 3.05) is 6.54 Å². The van der Waals surface area contributed by atoms with Crippen LogP contribution >= 0.6 is 0 Å². The molecule has 3 rings (SSSR count). The molecule has 1 aromatic carbocycles. The molecule has 1 aromatic heterocycles. The van der Waals surface area contributed by atoms with Crippen LogP contribution in [-0.4, -0.2) is 23.4 Å². The van der Waals surface area contributed by atoms with Crippen LogP contribution in [0.25, 0.3) is 10.9 Å². The van der Waals surface area contributed by atoms with Crippen LogP contribution in [-0.2, 0) is 0 Å². The van der Waals surface area contributed by atoms with Gasteiger partial charge < -0.3 is 5.32 Å². The van der Waals surface area contributed by atoms with Gasteiger partial charge in [-0.1, -0.05) is 31.0 Å². The summed E-state index contributed by atoms with van der Waals surface area (Å²) in [5.74, 6) is 0.203. The molecule has 1 aliphatic rings. The maximum Gasteiger partial charge on any atom is 0.179 e. The highest BCUT2D eigenvalue weighted by molar-refractivity contribution is 6.02. The van der Waals surface area contributed by atoms with Gasteiger partial charge in [-0.2, -0.15) is 0 Å². The number of fused-ring (bicyclic) bond motifs is 1. The molecule has 2 heterocycles. The number of pyridine rings is 1. The number of rotatable bonds is 2. The number of hydrogen-bond acceptors (Lipinski definition) is 3. The van der Waals surface area contributed by atoms with E-state index in [1.54, 1.807) is 6.20 Å². The summed E-state index contributed by atoms with van der Waals surface area (Å²) in [5, 5.41) is 4.43. The second-order valence-electron chi connectivity index (χ2n) is 5.13. The van der Waals surface area contributed by atoms with Gasteiger partial charge in [-0.05, 0) is 31.5 Å². The Morgan fingerprint density at radius 1 is 1.21 bits per heavy atom. The number of benzene rings is 1. The van der Waals surface area contributed by atoms with Crippen LogP contribution in [0, 0.1) is 0 Å². The van der Waals surface area contributed by atoms with Crippen LogP contribution in [0.5, 0.6) is 0 Å². The first-order valence-electron chi connectivity index (χ1n) is 6.97. The third-order valence-electron chi connectivity index (χ3n) is 3.77. The van der Waals surface area contributed by atoms with Crippen molar-refractivity contribution in [1.82, 2.24) is 10.3 Å². The number of carbonyl (C=O) groups excluding carboxylic acids is 1. The minimum Gasteiger partial charge on any atom is -0.307 e. The van der Waals surface area contributed by atoms with E-state index in [1.807, 2.05) is 30.3 Å². The number of hydrogen-bond donors (Lipinski definition) is 1. The Morgan fingerprint density at radius 2 is 2.16 bits per heavy atom. The second-order valence-corrected chi connectivity index (χ2v) is 5.13. The first-order valence-corrected chi connectivity index (χ1v) is 6.97. The molecule has 0 radical (unpaired) electrons. The maximum absolute atomic E-state index is 12.5. The number of nitrogens with zero attached hydrogens (tertiary/aromatic N) is 1. The third-order valence-corrected chi connectivity index (χ3v) is 3.77. The zero-order chi connectivity index (χ0) is 13.1. The lowest BCUT2D eigenvalue weighted by Crippen LogP contribution is -2.36. The minimum atomic E-state index is -0.0244. The van der Waals surface area contributed by atoms with Gasteiger partial charge in [-0.3, -0.25) is 9.78 Å². The SMILES string of the molecule is O=C(c1ccc2cccnc2c1)C1CCCCCN1. The van der Waals surface area contributed by atoms with Crippen molar-refractivity contribution in [1.29, 1.82) is 0 Å². The van der Waals surface area contributed by atoms with Crippen LogP contribution in [0.2, 0.25) is 0 Å². The first-order chi connectivity index (χ1) is 9.34. The summed E-state index contributed by atoms with van der Waals surface area (Å²) in [6.07, 6.45) is 6.23. The fourth-order valence-electron chi connectivity index (χ4n) is 2.67. The predicted octanol–water partition coefficient (Wildman–Crippen LogP) is 2.95. The lowest BCUT2D eigenvalue weighted by atomic mass is 9.99. The van der Waals surface area contributed by atoms with E-state index in [0.29, 0.717) is 0 Å². The van der Waals surface area contributed by atoms with Crippen molar-refractivity contribution in [2.24, 2.45) is 0 Å². The van der Waals surface area contributed by atoms with Crippen molar-refractivity contribution in [3.05, 3.63) is 42.1 Å². The number of ketones is 1. The van der Waals surface area contributed by atoms with E-state index in [2.05, 4.69) is 10.3 Å². The average Bonchev–Trinajstić information content (AvgIpc) is 2.75. The van der Waals surface area contributed by atoms with E-state index in [-0.39, 0.29) is 11.8 Å². The number of nitrogens with one attached hydrogen (secondary N) is 1. The predicted molar refractivity (Wildman–Crippen MR) is 76.3 cm³/mol. The highest BCUT2D eigenvalue weighted by Crippen LogP contribution is 2.17. The van der Waals surface area contributed by atoms with E-state index in [1.165, 1.54) is 12.8 Å². The smallest absolute Gasteiger partial charge is 0.179 e. The van der Waals surface area contributed by atoms with Gasteiger partial charge in [0.15, 0.2) is 5.78 Å². The van der Waals surface area contributed by atoms with Gasteiger partial charge in [-0.15, -0.1) is 0 Å². The Bertz CT molecular complexity index is 586. The molecule has 0 amide bonds. The van der Waals surface area contributed by atoms with E-state index < -0.39 is 0 Å². The molecule has 1 unspecified atom stereocenters. The van der Waals surface area contributed by atoms with Gasteiger partial charge in [0.05, 0.1) is 11.6 Å². The third kappa shape index (κ3) is 2.66. The monoisotopic (exact) mass is 254 g/mol. The van der Waals surface area contributed by atoms with Gasteiger partial charge in [0, 0.05) is 17.1 Å². The molecule has 0 aliphatic carbocycles. The van der Waals surface area contributed by atoms with Crippen molar-refractivity contribution in [2.45, 2.75) is 31.7 Å². The minimum absolute atomic E-state index is 0.0244. The fourth-order valence-corrected chi connectivity index (χ4v) is 2.67. The summed E-state index contributed by atoms with van der Waals surface area (Å²) in [4.78, 5) is 16.8. The Hall–Kier alpha value is -1.74. The summed E-state index contributed by atoms with van der Waals surface area (Å²) in [6, 6.07) is 9.70. The molecule has 19 heavy (non-hydrogen) atoms. The molecule has 1 N–H and O–H groups in total. The highest BCUT2D eigenvalue weighted by Gasteiger charge is 2.21. The maximum atomic E-state index is 12.5. The van der Waals surface area contributed by atoms with E-state index in [9.17, 15) is 4.79 Å². The quantitative estimate of drug-likeness (QED) is 0.838. The Kier molecular flexibility index (Phi) is 3.56. The Balaban J connectivity index is 1.88. The second kappa shape index (κ2) is 5.49. The zero-order valence-electron chi connectivity index (χ0n) is 10.9. The number of aromatic nitrogens is 1. The van der Waals surface area contributed by atoms with Crippen LogP contribution in [0.1, 0.15) is 36.0 Å². The molecular formula is C16H18N2O. The van der Waals surface area contributed by atoms with Gasteiger partial charge >= 0.3 is 0 Å². The lowest BCUT2D eigenvalue weighted by Gasteiger charge is -2.14. The summed E-state index contributed by atoms with van der Waals surface area (Å²) >= 11 is 0. The van der Waals surface area contributed by atoms with E-state index >= 15 is 0 Å². The van der Waals surface area contributed by atoms with Gasteiger partial charge in [0.2, 0.25) is 0 Å². The van der Waals surface area contributed by atoms with E-state index in [4.69, 9.17) is 0 Å². The van der Waals surface area contributed by atoms with E-state index in [0.717, 1.165) is 35.9 Å². The highest BCUT2D eigenvalue weighted by atomic mass is 16.1. The summed E-state index contributed by atoms with van der Waals surface area (Å²) in [6.45, 7) is 0.947. The topological polar surface area (TPSA) is 42.0 Å². The molecule has 1 saturated heterocycles. The molecule has 1 fully saturated rings. The Morgan fingerprint density at radius 3 is 3.11 bits per heavy atom. The van der Waals surface area contributed by atoms with Crippen LogP contribution in [0.15, 0.2) is 36.5 Å². The number of Topliss-reactive ketones (excluding diaryl/α,β-unsaturated/α-hetero) is 1. The van der Waals surface area contributed by atoms with Crippen molar-refractivity contribution in [3.8, 4) is 0 Å². The zero-order valence-corrected chi connectivity index (χ0v) is 10.9. The molecule has 98 valence electrons. The van der Waals surface area contributed by atoms with Gasteiger partial charge in [0.25, 0.3) is 0 Å². The van der Waals surface area contributed by atoms with Crippen LogP contribution in [0.4, 0.5) is 0 Å². The lowest BCUT2D eigenvalue weighted by molar-refractivity contribution is 0.0941. The van der Waals surface area contributed by atoms with Crippen molar-refractivity contribution >= 4 is 16.7 Å². The molecule has 0 spiro atoms. The molecule has 1 aliphatic heterocycles. The molecule has 2 aromatic rings. The number of carbonyl (C=O) groups is 1. The summed E-state index contributed by atoms with van der Waals surface area (Å²) in [7, 11) is 0. The van der Waals surface area contributed by atoms with Crippen LogP contribution in [0.3, 0.4) is 0 Å². The van der Waals surface area contributed by atoms with Gasteiger partial charge in [-0.25, -0.2) is 0 Å². The van der Waals surface area contributed by atoms with Gasteiger partial charge in [0.1, 0.15) is 0 Å². The average molecular weight is 254 g/mol. The normalized spacial score (nSPS) is 20.1. The summed E-state index contributed by atoms with van der Waals surface area (Å²) in [5.41, 5.74) is 1.66. The molecule has 3 nitrogen and oxygen atoms in total. The Labute approximate surface area is 113 Å². The molecular weight excluding hydrogens is 236 g/mol. The molecule has 3 heteroatoms. The molecule has 1 atom stereocenters. The molecule has 0 bridgehead atoms. The largest absolute Gasteiger partial charge is 0.307 e. The first kappa shape index (κ1) is 12.3. The van der Waals surface area contributed by atoms with Crippen molar-refractivity contribution in [3.63, 3.8) is 0 Å². The summed E-state index contributed by atoms with van der Waals surface area (Å²) < 4.78 is 0. The van der Waals surface area contributed by atoms with Crippen LogP contribution < -0.4 is 5.32 Å². The van der Waals surface area contributed by atoms with Crippen molar-refractivity contribution < 1.29 is 4.79 Å².